The Balaban J connectivity index is 2.58. The molecule has 0 fully saturated rings. The van der Waals surface area contributed by atoms with Crippen molar-refractivity contribution >= 4 is 22.3 Å². The molecule has 0 aliphatic rings. The van der Waals surface area contributed by atoms with Crippen molar-refractivity contribution < 1.29 is 26.5 Å². The highest BCUT2D eigenvalue weighted by Crippen LogP contribution is 2.29. The third-order valence-corrected chi connectivity index (χ3v) is 5.30. The first-order valence-corrected chi connectivity index (χ1v) is 9.50. The zero-order valence-electron chi connectivity index (χ0n) is 15.8. The second-order valence-corrected chi connectivity index (χ2v) is 7.62. The van der Waals surface area contributed by atoms with E-state index in [1.807, 2.05) is 0 Å². The predicted octanol–water partition coefficient (Wildman–Crippen LogP) is 4.45. The third-order valence-electron chi connectivity index (χ3n) is 3.78. The number of para-hydroxylation sites is 1. The molecule has 0 aromatic heterocycles. The smallest absolute Gasteiger partial charge is 0.400 e. The number of hydrogen-bond acceptors (Lipinski definition) is 3. The lowest BCUT2D eigenvalue weighted by Gasteiger charge is -2.19. The number of halogens is 4. The van der Waals surface area contributed by atoms with Crippen LogP contribution in [0, 0.1) is 12.7 Å². The van der Waals surface area contributed by atoms with E-state index in [1.165, 1.54) is 14.0 Å². The first kappa shape index (κ1) is 21.9. The average Bonchev–Trinajstić information content (AvgIpc) is 2.59. The van der Waals surface area contributed by atoms with Crippen molar-refractivity contribution in [2.75, 3.05) is 27.0 Å². The predicted molar refractivity (Wildman–Crippen MR) is 101 cm³/mol. The molecule has 0 saturated carbocycles. The Labute approximate surface area is 163 Å². The molecule has 9 heteroatoms. The number of benzene rings is 2. The van der Waals surface area contributed by atoms with E-state index in [-0.39, 0.29) is 16.1 Å². The van der Waals surface area contributed by atoms with Crippen LogP contribution in [0.15, 0.2) is 46.3 Å². The van der Waals surface area contributed by atoms with Crippen LogP contribution < -0.4 is 4.74 Å². The number of alkyl halides is 3. The molecule has 2 aromatic carbocycles. The molecule has 0 amide bonds. The van der Waals surface area contributed by atoms with Crippen molar-refractivity contribution in [1.29, 1.82) is 0 Å². The van der Waals surface area contributed by atoms with E-state index in [9.17, 15) is 21.8 Å². The maximum absolute atomic E-state index is 14.5. The zero-order valence-corrected chi connectivity index (χ0v) is 16.6. The molecule has 1 unspecified atom stereocenters. The van der Waals surface area contributed by atoms with E-state index in [0.717, 1.165) is 12.1 Å². The van der Waals surface area contributed by atoms with Gasteiger partial charge in [-0.2, -0.15) is 13.2 Å². The lowest BCUT2D eigenvalue weighted by Crippen LogP contribution is -2.23. The Morgan fingerprint density at radius 3 is 2.43 bits per heavy atom. The fraction of sp³-hybridized carbons (Fsp3) is 0.316. The summed E-state index contributed by atoms with van der Waals surface area (Å²) in [6.45, 7) is 1.41. The Hall–Kier alpha value is -2.42. The van der Waals surface area contributed by atoms with Gasteiger partial charge in [-0.25, -0.2) is 9.38 Å². The van der Waals surface area contributed by atoms with Crippen LogP contribution in [0.3, 0.4) is 0 Å². The molecule has 1 atom stereocenters. The fourth-order valence-corrected chi connectivity index (χ4v) is 3.66. The van der Waals surface area contributed by atoms with Gasteiger partial charge in [-0.1, -0.05) is 12.1 Å². The van der Waals surface area contributed by atoms with Crippen molar-refractivity contribution in [2.24, 2.45) is 4.99 Å². The number of nitrogens with zero attached hydrogens (tertiary/aromatic N) is 2. The van der Waals surface area contributed by atoms with E-state index in [0.29, 0.717) is 17.1 Å². The molecule has 0 aliphatic carbocycles. The second-order valence-electron chi connectivity index (χ2n) is 6.20. The lowest BCUT2D eigenvalue weighted by atomic mass is 10.1. The molecular formula is C19H20F4N2O2S. The summed E-state index contributed by atoms with van der Waals surface area (Å²) in [6, 6.07) is 9.10. The Bertz CT molecular complexity index is 911. The molecule has 28 heavy (non-hydrogen) atoms. The van der Waals surface area contributed by atoms with Crippen LogP contribution in [0.5, 0.6) is 5.75 Å². The van der Waals surface area contributed by atoms with Crippen molar-refractivity contribution in [3.05, 3.63) is 53.3 Å². The molecule has 0 radical (unpaired) electrons. The molecule has 0 aliphatic heterocycles. The van der Waals surface area contributed by atoms with Crippen LogP contribution in [-0.4, -0.2) is 48.1 Å². The van der Waals surface area contributed by atoms with Crippen molar-refractivity contribution in [3.63, 3.8) is 0 Å². The summed E-state index contributed by atoms with van der Waals surface area (Å²) in [5, 5.41) is 0. The van der Waals surface area contributed by atoms with E-state index >= 15 is 0 Å². The quantitative estimate of drug-likeness (QED) is 0.411. The van der Waals surface area contributed by atoms with Gasteiger partial charge >= 0.3 is 6.18 Å². The first-order valence-electron chi connectivity index (χ1n) is 8.18. The van der Waals surface area contributed by atoms with Crippen LogP contribution in [-0.2, 0) is 10.8 Å². The van der Waals surface area contributed by atoms with Gasteiger partial charge in [0.25, 0.3) is 0 Å². The van der Waals surface area contributed by atoms with E-state index in [4.69, 9.17) is 4.74 Å². The van der Waals surface area contributed by atoms with Crippen molar-refractivity contribution in [3.8, 4) is 5.75 Å². The van der Waals surface area contributed by atoms with Crippen LogP contribution in [0.25, 0.3) is 0 Å². The number of amidine groups is 1. The van der Waals surface area contributed by atoms with Gasteiger partial charge in [-0.15, -0.1) is 0 Å². The average molecular weight is 416 g/mol. The van der Waals surface area contributed by atoms with Gasteiger partial charge in [0.2, 0.25) is 0 Å². The molecule has 4 nitrogen and oxygen atoms in total. The topological polar surface area (TPSA) is 41.9 Å². The fourth-order valence-electron chi connectivity index (χ4n) is 2.54. The van der Waals surface area contributed by atoms with Gasteiger partial charge < -0.3 is 9.64 Å². The largest absolute Gasteiger partial charge is 0.496 e. The lowest BCUT2D eigenvalue weighted by molar-refractivity contribution is -0.105. The van der Waals surface area contributed by atoms with Crippen molar-refractivity contribution in [1.82, 2.24) is 4.90 Å². The summed E-state index contributed by atoms with van der Waals surface area (Å²) in [7, 11) is 2.51. The maximum Gasteiger partial charge on any atom is 0.400 e. The standard InChI is InChI=1S/C19H20F4N2O2S/c1-12-9-14(20)15(10-17(12)28(26)11-19(21,22)23)24-18(25(2)3)13-7-5-6-8-16(13)27-4/h5-10H,11H2,1-4H3. The molecule has 0 spiro atoms. The van der Waals surface area contributed by atoms with Crippen LogP contribution >= 0.6 is 0 Å². The molecule has 2 aromatic rings. The summed E-state index contributed by atoms with van der Waals surface area (Å²) in [4.78, 5) is 5.82. The molecular weight excluding hydrogens is 396 g/mol. The third kappa shape index (κ3) is 5.31. The number of aryl methyl sites for hydroxylation is 1. The van der Waals surface area contributed by atoms with Crippen LogP contribution in [0.2, 0.25) is 0 Å². The molecule has 0 bridgehead atoms. The minimum atomic E-state index is -4.60. The van der Waals surface area contributed by atoms with E-state index in [2.05, 4.69) is 4.99 Å². The van der Waals surface area contributed by atoms with Crippen molar-refractivity contribution in [2.45, 2.75) is 18.0 Å². The van der Waals surface area contributed by atoms with Gasteiger partial charge in [-0.3, -0.25) is 4.21 Å². The monoisotopic (exact) mass is 416 g/mol. The molecule has 2 rings (SSSR count). The first-order chi connectivity index (χ1) is 13.0. The number of aliphatic imine (C=N–C) groups is 1. The minimum Gasteiger partial charge on any atom is -0.496 e. The normalized spacial score (nSPS) is 13.4. The second kappa shape index (κ2) is 8.72. The molecule has 0 saturated heterocycles. The van der Waals surface area contributed by atoms with Crippen LogP contribution in [0.1, 0.15) is 11.1 Å². The number of ether oxygens (including phenoxy) is 1. The summed E-state index contributed by atoms with van der Waals surface area (Å²) in [6.07, 6.45) is -4.60. The highest BCUT2D eigenvalue weighted by atomic mass is 32.2. The highest BCUT2D eigenvalue weighted by Gasteiger charge is 2.32. The number of hydrogen-bond donors (Lipinski definition) is 0. The number of methoxy groups -OCH3 is 1. The maximum atomic E-state index is 14.5. The minimum absolute atomic E-state index is 0.101. The van der Waals surface area contributed by atoms with Gasteiger partial charge in [0.15, 0.2) is 0 Å². The highest BCUT2D eigenvalue weighted by molar-refractivity contribution is 7.85. The number of rotatable bonds is 5. The molecule has 152 valence electrons. The van der Waals surface area contributed by atoms with Gasteiger partial charge in [-0.05, 0) is 36.8 Å². The van der Waals surface area contributed by atoms with E-state index < -0.39 is 28.5 Å². The van der Waals surface area contributed by atoms with Crippen LogP contribution in [0.4, 0.5) is 23.2 Å². The zero-order chi connectivity index (χ0) is 21.1. The Morgan fingerprint density at radius 2 is 1.86 bits per heavy atom. The Kier molecular flexibility index (Phi) is 6.82. The van der Waals surface area contributed by atoms with Gasteiger partial charge in [0.1, 0.15) is 28.8 Å². The van der Waals surface area contributed by atoms with E-state index in [1.54, 1.807) is 43.3 Å². The Morgan fingerprint density at radius 1 is 1.21 bits per heavy atom. The molecule has 0 heterocycles. The van der Waals surface area contributed by atoms with Gasteiger partial charge in [0.05, 0.1) is 23.5 Å². The summed E-state index contributed by atoms with van der Waals surface area (Å²) in [5.41, 5.74) is 0.543. The SMILES string of the molecule is COc1ccccc1C(=Nc1cc(S(=O)CC(F)(F)F)c(C)cc1F)N(C)C. The summed E-state index contributed by atoms with van der Waals surface area (Å²) < 4.78 is 69.7. The molecule has 0 N–H and O–H groups in total. The van der Waals surface area contributed by atoms with Gasteiger partial charge in [0, 0.05) is 19.0 Å². The summed E-state index contributed by atoms with van der Waals surface area (Å²) in [5.74, 6) is -1.38. The summed E-state index contributed by atoms with van der Waals surface area (Å²) >= 11 is 0.